The highest BCUT2D eigenvalue weighted by Crippen LogP contribution is 2.39. The molecule has 2 saturated heterocycles. The SMILES string of the molecule is N#CC1CCC2OC[C@@H](c3ccccc3)N12. The Morgan fingerprint density at radius 3 is 2.81 bits per heavy atom. The first-order chi connectivity index (χ1) is 7.90. The van der Waals surface area contributed by atoms with E-state index in [9.17, 15) is 0 Å². The molecule has 2 aliphatic heterocycles. The van der Waals surface area contributed by atoms with Crippen LogP contribution in [0.2, 0.25) is 0 Å². The highest BCUT2D eigenvalue weighted by atomic mass is 16.5. The van der Waals surface area contributed by atoms with Crippen molar-refractivity contribution in [2.45, 2.75) is 31.2 Å². The van der Waals surface area contributed by atoms with Crippen molar-refractivity contribution in [1.82, 2.24) is 4.90 Å². The Morgan fingerprint density at radius 1 is 1.25 bits per heavy atom. The van der Waals surface area contributed by atoms with E-state index in [0.29, 0.717) is 6.61 Å². The molecule has 0 aliphatic carbocycles. The molecule has 3 atom stereocenters. The fourth-order valence-electron chi connectivity index (χ4n) is 2.75. The van der Waals surface area contributed by atoms with E-state index in [1.165, 1.54) is 5.56 Å². The fraction of sp³-hybridized carbons (Fsp3) is 0.462. The second-order valence-electron chi connectivity index (χ2n) is 4.38. The van der Waals surface area contributed by atoms with Crippen molar-refractivity contribution in [2.75, 3.05) is 6.61 Å². The lowest BCUT2D eigenvalue weighted by atomic mass is 10.1. The quantitative estimate of drug-likeness (QED) is 0.718. The molecule has 0 aromatic heterocycles. The summed E-state index contributed by atoms with van der Waals surface area (Å²) in [5, 5.41) is 9.13. The number of benzene rings is 1. The van der Waals surface area contributed by atoms with Crippen LogP contribution in [0, 0.1) is 11.3 Å². The molecule has 3 nitrogen and oxygen atoms in total. The van der Waals surface area contributed by atoms with Crippen LogP contribution < -0.4 is 0 Å². The van der Waals surface area contributed by atoms with Gasteiger partial charge < -0.3 is 4.74 Å². The largest absolute Gasteiger partial charge is 0.361 e. The molecule has 82 valence electrons. The van der Waals surface area contributed by atoms with E-state index >= 15 is 0 Å². The molecule has 1 aromatic rings. The van der Waals surface area contributed by atoms with E-state index < -0.39 is 0 Å². The molecule has 3 rings (SSSR count). The zero-order chi connectivity index (χ0) is 11.0. The maximum atomic E-state index is 9.13. The lowest BCUT2D eigenvalue weighted by Gasteiger charge is -2.24. The molecule has 0 bridgehead atoms. The number of ether oxygens (including phenoxy) is 1. The smallest absolute Gasteiger partial charge is 0.112 e. The van der Waals surface area contributed by atoms with Crippen LogP contribution in [-0.4, -0.2) is 23.8 Å². The van der Waals surface area contributed by atoms with Crippen molar-refractivity contribution in [1.29, 1.82) is 5.26 Å². The number of nitrogens with zero attached hydrogens (tertiary/aromatic N) is 2. The molecule has 16 heavy (non-hydrogen) atoms. The normalized spacial score (nSPS) is 33.6. The summed E-state index contributed by atoms with van der Waals surface area (Å²) in [5.41, 5.74) is 1.26. The van der Waals surface area contributed by atoms with E-state index in [1.807, 2.05) is 18.2 Å². The van der Waals surface area contributed by atoms with Crippen LogP contribution in [0.4, 0.5) is 0 Å². The van der Waals surface area contributed by atoms with Gasteiger partial charge in [0.1, 0.15) is 12.3 Å². The van der Waals surface area contributed by atoms with Crippen LogP contribution in [0.25, 0.3) is 0 Å². The zero-order valence-electron chi connectivity index (χ0n) is 9.04. The summed E-state index contributed by atoms with van der Waals surface area (Å²) in [7, 11) is 0. The Bertz CT molecular complexity index is 412. The third-order valence-electron chi connectivity index (χ3n) is 3.52. The van der Waals surface area contributed by atoms with Crippen molar-refractivity contribution in [3.05, 3.63) is 35.9 Å². The van der Waals surface area contributed by atoms with Crippen LogP contribution in [0.5, 0.6) is 0 Å². The predicted molar refractivity (Wildman–Crippen MR) is 59.4 cm³/mol. The summed E-state index contributed by atoms with van der Waals surface area (Å²) in [4.78, 5) is 2.23. The van der Waals surface area contributed by atoms with E-state index in [1.54, 1.807) is 0 Å². The van der Waals surface area contributed by atoms with Gasteiger partial charge in [-0.25, -0.2) is 0 Å². The summed E-state index contributed by atoms with van der Waals surface area (Å²) >= 11 is 0. The van der Waals surface area contributed by atoms with Crippen LogP contribution in [0.15, 0.2) is 30.3 Å². The van der Waals surface area contributed by atoms with Gasteiger partial charge in [0, 0.05) is 0 Å². The molecule has 2 aliphatic rings. The number of hydrogen-bond donors (Lipinski definition) is 0. The molecular formula is C13H14N2O. The molecule has 0 spiro atoms. The molecule has 0 saturated carbocycles. The van der Waals surface area contributed by atoms with Crippen molar-refractivity contribution in [3.63, 3.8) is 0 Å². The van der Waals surface area contributed by atoms with Gasteiger partial charge in [0.15, 0.2) is 0 Å². The minimum Gasteiger partial charge on any atom is -0.361 e. The van der Waals surface area contributed by atoms with Crippen LogP contribution in [0.3, 0.4) is 0 Å². The number of nitriles is 1. The van der Waals surface area contributed by atoms with E-state index in [4.69, 9.17) is 10.00 Å². The van der Waals surface area contributed by atoms with Gasteiger partial charge in [-0.2, -0.15) is 5.26 Å². The van der Waals surface area contributed by atoms with Gasteiger partial charge >= 0.3 is 0 Å². The third kappa shape index (κ3) is 1.42. The highest BCUT2D eigenvalue weighted by Gasteiger charge is 2.44. The Balaban J connectivity index is 1.90. The van der Waals surface area contributed by atoms with Crippen LogP contribution in [-0.2, 0) is 4.74 Å². The number of hydrogen-bond acceptors (Lipinski definition) is 3. The molecule has 0 radical (unpaired) electrons. The van der Waals surface area contributed by atoms with Gasteiger partial charge in [-0.1, -0.05) is 30.3 Å². The maximum Gasteiger partial charge on any atom is 0.112 e. The lowest BCUT2D eigenvalue weighted by molar-refractivity contribution is 0.0526. The molecule has 2 fully saturated rings. The average molecular weight is 214 g/mol. The molecule has 2 heterocycles. The zero-order valence-corrected chi connectivity index (χ0v) is 9.04. The Morgan fingerprint density at radius 2 is 2.06 bits per heavy atom. The second-order valence-corrected chi connectivity index (χ2v) is 4.38. The van der Waals surface area contributed by atoms with E-state index in [0.717, 1.165) is 12.8 Å². The molecule has 1 aromatic carbocycles. The van der Waals surface area contributed by atoms with Gasteiger partial charge in [0.05, 0.1) is 18.7 Å². The van der Waals surface area contributed by atoms with Crippen molar-refractivity contribution in [3.8, 4) is 6.07 Å². The van der Waals surface area contributed by atoms with Crippen molar-refractivity contribution >= 4 is 0 Å². The Hall–Kier alpha value is -1.37. The number of fused-ring (bicyclic) bond motifs is 1. The minimum absolute atomic E-state index is 0.0257. The first kappa shape index (κ1) is 9.83. The Kier molecular flexibility index (Phi) is 2.39. The van der Waals surface area contributed by atoms with E-state index in [2.05, 4.69) is 23.1 Å². The molecule has 0 amide bonds. The van der Waals surface area contributed by atoms with Gasteiger partial charge in [-0.05, 0) is 18.4 Å². The van der Waals surface area contributed by atoms with Crippen LogP contribution >= 0.6 is 0 Å². The first-order valence-corrected chi connectivity index (χ1v) is 5.74. The average Bonchev–Trinajstić information content (AvgIpc) is 2.90. The standard InChI is InChI=1S/C13H14N2O/c14-8-11-6-7-13-15(11)12(9-16-13)10-4-2-1-3-5-10/h1-5,11-13H,6-7,9H2/t11?,12-,13?/m0/s1. The Labute approximate surface area is 95.2 Å². The summed E-state index contributed by atoms with van der Waals surface area (Å²) in [5.74, 6) is 0. The number of rotatable bonds is 1. The minimum atomic E-state index is 0.0257. The molecule has 0 N–H and O–H groups in total. The van der Waals surface area contributed by atoms with Gasteiger partial charge in [0.25, 0.3) is 0 Å². The molecular weight excluding hydrogens is 200 g/mol. The van der Waals surface area contributed by atoms with Crippen LogP contribution in [0.1, 0.15) is 24.4 Å². The van der Waals surface area contributed by atoms with Gasteiger partial charge in [0.2, 0.25) is 0 Å². The van der Waals surface area contributed by atoms with Crippen molar-refractivity contribution < 1.29 is 4.74 Å². The maximum absolute atomic E-state index is 9.13. The monoisotopic (exact) mass is 214 g/mol. The van der Waals surface area contributed by atoms with Gasteiger partial charge in [-0.3, -0.25) is 4.90 Å². The van der Waals surface area contributed by atoms with Crippen molar-refractivity contribution in [2.24, 2.45) is 0 Å². The molecule has 2 unspecified atom stereocenters. The second kappa shape index (κ2) is 3.89. The summed E-state index contributed by atoms with van der Waals surface area (Å²) < 4.78 is 5.75. The summed E-state index contributed by atoms with van der Waals surface area (Å²) in [6, 6.07) is 13.0. The lowest BCUT2D eigenvalue weighted by Crippen LogP contribution is -2.33. The fourth-order valence-corrected chi connectivity index (χ4v) is 2.75. The molecule has 3 heteroatoms. The topological polar surface area (TPSA) is 36.3 Å². The predicted octanol–water partition coefficient (Wildman–Crippen LogP) is 2.07. The van der Waals surface area contributed by atoms with Gasteiger partial charge in [-0.15, -0.1) is 0 Å². The summed E-state index contributed by atoms with van der Waals surface area (Å²) in [6.45, 7) is 0.715. The summed E-state index contributed by atoms with van der Waals surface area (Å²) in [6.07, 6.45) is 2.08. The third-order valence-corrected chi connectivity index (χ3v) is 3.52. The first-order valence-electron chi connectivity index (χ1n) is 5.74. The highest BCUT2D eigenvalue weighted by molar-refractivity contribution is 5.22. The van der Waals surface area contributed by atoms with E-state index in [-0.39, 0.29) is 18.3 Å².